The summed E-state index contributed by atoms with van der Waals surface area (Å²) in [6.07, 6.45) is 3.22. The number of nitrogens with one attached hydrogen (secondary N) is 2. The van der Waals surface area contributed by atoms with E-state index in [1.54, 1.807) is 36.0 Å². The van der Waals surface area contributed by atoms with Gasteiger partial charge in [0.05, 0.1) is 36.2 Å². The van der Waals surface area contributed by atoms with Crippen molar-refractivity contribution < 1.29 is 14.2 Å². The Morgan fingerprint density at radius 2 is 1.81 bits per heavy atom. The molecule has 0 bridgehead atoms. The molecular weight excluding hydrogens is 655 g/mol. The molecule has 12 nitrogen and oxygen atoms in total. The number of hydrogen-bond acceptors (Lipinski definition) is 8. The Kier molecular flexibility index (Phi) is 11.8. The number of anilines is 2. The van der Waals surface area contributed by atoms with Crippen molar-refractivity contribution in [3.05, 3.63) is 99.2 Å². The summed E-state index contributed by atoms with van der Waals surface area (Å²) in [4.78, 5) is 21.1. The smallest absolute Gasteiger partial charge is 0.350 e. The second-order valence-electron chi connectivity index (χ2n) is 11.3. The van der Waals surface area contributed by atoms with Crippen molar-refractivity contribution in [3.8, 4) is 11.4 Å². The van der Waals surface area contributed by atoms with Crippen molar-refractivity contribution in [1.29, 1.82) is 0 Å². The molecule has 3 aromatic carbocycles. The van der Waals surface area contributed by atoms with Gasteiger partial charge in [-0.3, -0.25) is 4.99 Å². The molecule has 0 radical (unpaired) electrons. The fraction of sp³-hybridized carbons (Fsp3) is 0.353. The molecule has 4 N–H and O–H groups in total. The first-order valence-electron chi connectivity index (χ1n) is 15.7. The zero-order chi connectivity index (χ0) is 34.1. The van der Waals surface area contributed by atoms with E-state index < -0.39 is 5.79 Å². The zero-order valence-corrected chi connectivity index (χ0v) is 28.6. The van der Waals surface area contributed by atoms with Crippen LogP contribution in [0.5, 0.6) is 5.75 Å². The highest BCUT2D eigenvalue weighted by Crippen LogP contribution is 2.39. The van der Waals surface area contributed by atoms with Crippen LogP contribution < -0.4 is 26.8 Å². The summed E-state index contributed by atoms with van der Waals surface area (Å²) >= 11 is 12.7. The lowest BCUT2D eigenvalue weighted by Crippen LogP contribution is -2.33. The molecule has 0 amide bonds. The van der Waals surface area contributed by atoms with Crippen LogP contribution in [0.15, 0.2) is 87.8 Å². The van der Waals surface area contributed by atoms with Gasteiger partial charge in [-0.2, -0.15) is 5.10 Å². The highest BCUT2D eigenvalue weighted by molar-refractivity contribution is 6.35. The molecular formula is C34H40Cl2N8O4. The van der Waals surface area contributed by atoms with Crippen molar-refractivity contribution in [2.45, 2.75) is 45.1 Å². The Bertz CT molecular complexity index is 1780. The maximum absolute atomic E-state index is 12.7. The number of aliphatic imine (C=N–C) groups is 2. The van der Waals surface area contributed by atoms with Gasteiger partial charge in [-0.25, -0.2) is 19.0 Å². The molecule has 2 heterocycles. The number of amidine groups is 1. The molecule has 4 aromatic rings. The molecule has 1 saturated heterocycles. The lowest BCUT2D eigenvalue weighted by atomic mass is 10.1. The summed E-state index contributed by atoms with van der Waals surface area (Å²) in [5, 5.41) is 12.0. The number of ether oxygens (including phenoxy) is 3. The third-order valence-electron chi connectivity index (χ3n) is 7.90. The maximum atomic E-state index is 12.7. The van der Waals surface area contributed by atoms with E-state index >= 15 is 0 Å². The van der Waals surface area contributed by atoms with Gasteiger partial charge in [-0.05, 0) is 80.9 Å². The molecule has 5 rings (SSSR count). The van der Waals surface area contributed by atoms with Crippen LogP contribution in [0, 0.1) is 0 Å². The van der Waals surface area contributed by atoms with Crippen LogP contribution in [0.1, 0.15) is 38.8 Å². The minimum atomic E-state index is -1.22. The van der Waals surface area contributed by atoms with Gasteiger partial charge in [0, 0.05) is 35.1 Å². The maximum Gasteiger partial charge on any atom is 0.350 e. The highest BCUT2D eigenvalue weighted by Gasteiger charge is 2.45. The van der Waals surface area contributed by atoms with Crippen molar-refractivity contribution in [2.24, 2.45) is 15.7 Å². The molecule has 3 atom stereocenters. The molecule has 48 heavy (non-hydrogen) atoms. The normalized spacial score (nSPS) is 18.7. The first kappa shape index (κ1) is 35.0. The average molecular weight is 696 g/mol. The van der Waals surface area contributed by atoms with E-state index in [4.69, 9.17) is 43.1 Å². The topological polar surface area (TPSA) is 142 Å². The monoisotopic (exact) mass is 694 g/mol. The van der Waals surface area contributed by atoms with Crippen LogP contribution in [0.2, 0.25) is 10.0 Å². The molecule has 1 aromatic heterocycles. The SMILES string of the molecule is CCC(C)n1ncn(-c2ccc(NCCNc3ccc(OCC4CO[C@](CN=C(C)N=CN)(c5ccc(Cl)cc5Cl)O4)cc3)cc2)c1=O. The Morgan fingerprint density at radius 1 is 1.12 bits per heavy atom. The third kappa shape index (κ3) is 8.56. The summed E-state index contributed by atoms with van der Waals surface area (Å²) in [6.45, 7) is 7.82. The standard InChI is InChI=1S/C34H40Cl2N8O4/c1-4-23(2)44-33(45)43(22-42-44)28-10-6-26(7-11-28)38-15-16-39-27-8-12-29(13-9-27)46-18-30-19-47-34(48-30,20-40-24(3)41-21-37)31-14-5-25(35)17-32(31)36/h5-14,17,21-23,30,38-39H,4,15-16,18-20H2,1-3H3,(H2,37,40,41)/t23?,30?,34-/m0/s1. The number of nitrogens with zero attached hydrogens (tertiary/aromatic N) is 5. The van der Waals surface area contributed by atoms with Crippen LogP contribution in [-0.4, -0.2) is 65.5 Å². The predicted octanol–water partition coefficient (Wildman–Crippen LogP) is 5.89. The van der Waals surface area contributed by atoms with Crippen LogP contribution >= 0.6 is 23.2 Å². The third-order valence-corrected chi connectivity index (χ3v) is 8.45. The van der Waals surface area contributed by atoms with Crippen LogP contribution in [-0.2, 0) is 15.3 Å². The van der Waals surface area contributed by atoms with Crippen LogP contribution in [0.25, 0.3) is 5.69 Å². The summed E-state index contributed by atoms with van der Waals surface area (Å²) < 4.78 is 21.7. The molecule has 14 heteroatoms. The molecule has 1 aliphatic rings. The Balaban J connectivity index is 1.09. The molecule has 1 fully saturated rings. The molecule has 2 unspecified atom stereocenters. The van der Waals surface area contributed by atoms with Crippen LogP contribution in [0.3, 0.4) is 0 Å². The molecule has 1 aliphatic heterocycles. The molecule has 0 spiro atoms. The van der Waals surface area contributed by atoms with Crippen LogP contribution in [0.4, 0.5) is 11.4 Å². The fourth-order valence-corrected chi connectivity index (χ4v) is 5.65. The van der Waals surface area contributed by atoms with Gasteiger partial charge < -0.3 is 30.6 Å². The van der Waals surface area contributed by atoms with Crippen molar-refractivity contribution >= 4 is 46.8 Å². The van der Waals surface area contributed by atoms with E-state index in [9.17, 15) is 4.79 Å². The number of halogens is 2. The van der Waals surface area contributed by atoms with Crippen molar-refractivity contribution in [3.63, 3.8) is 0 Å². The second kappa shape index (κ2) is 16.2. The average Bonchev–Trinajstić information content (AvgIpc) is 3.69. The number of benzene rings is 3. The molecule has 254 valence electrons. The van der Waals surface area contributed by atoms with Gasteiger partial charge in [0.1, 0.15) is 30.6 Å². The van der Waals surface area contributed by atoms with Gasteiger partial charge in [0.15, 0.2) is 0 Å². The largest absolute Gasteiger partial charge is 0.491 e. The number of nitrogens with two attached hydrogens (primary N) is 1. The summed E-state index contributed by atoms with van der Waals surface area (Å²) in [7, 11) is 0. The number of rotatable bonds is 14. The van der Waals surface area contributed by atoms with E-state index in [-0.39, 0.29) is 37.6 Å². The molecule has 0 saturated carbocycles. The van der Waals surface area contributed by atoms with Gasteiger partial charge in [-0.15, -0.1) is 0 Å². The van der Waals surface area contributed by atoms with Gasteiger partial charge in [0.25, 0.3) is 0 Å². The first-order chi connectivity index (χ1) is 23.2. The van der Waals surface area contributed by atoms with E-state index in [1.165, 1.54) is 11.0 Å². The quantitative estimate of drug-likeness (QED) is 0.0843. The Hall–Kier alpha value is -4.36. The van der Waals surface area contributed by atoms with Crippen molar-refractivity contribution in [1.82, 2.24) is 14.3 Å². The minimum Gasteiger partial charge on any atom is -0.491 e. The van der Waals surface area contributed by atoms with Crippen molar-refractivity contribution in [2.75, 3.05) is 43.5 Å². The number of aromatic nitrogens is 3. The minimum absolute atomic E-state index is 0.0548. The highest BCUT2D eigenvalue weighted by atomic mass is 35.5. The van der Waals surface area contributed by atoms with E-state index in [2.05, 4.69) is 25.7 Å². The lowest BCUT2D eigenvalue weighted by Gasteiger charge is -2.28. The lowest BCUT2D eigenvalue weighted by molar-refractivity contribution is -0.170. The Morgan fingerprint density at radius 3 is 2.46 bits per heavy atom. The van der Waals surface area contributed by atoms with Gasteiger partial charge in [-0.1, -0.05) is 36.2 Å². The fourth-order valence-electron chi connectivity index (χ4n) is 5.10. The molecule has 0 aliphatic carbocycles. The van der Waals surface area contributed by atoms with Gasteiger partial charge >= 0.3 is 5.69 Å². The summed E-state index contributed by atoms with van der Waals surface area (Å²) in [5.41, 5.74) is 8.58. The van der Waals surface area contributed by atoms with Gasteiger partial charge in [0.2, 0.25) is 5.79 Å². The van der Waals surface area contributed by atoms with E-state index in [0.29, 0.717) is 40.3 Å². The second-order valence-corrected chi connectivity index (χ2v) is 12.1. The first-order valence-corrected chi connectivity index (χ1v) is 16.5. The van der Waals surface area contributed by atoms with E-state index in [1.807, 2.05) is 62.4 Å². The van der Waals surface area contributed by atoms with E-state index in [0.717, 1.165) is 23.5 Å². The predicted molar refractivity (Wildman–Crippen MR) is 191 cm³/mol. The zero-order valence-electron chi connectivity index (χ0n) is 27.1. The summed E-state index contributed by atoms with van der Waals surface area (Å²) in [6, 6.07) is 20.6. The Labute approximate surface area is 289 Å². The summed E-state index contributed by atoms with van der Waals surface area (Å²) in [5.74, 6) is -0.0422. The number of hydrogen-bond donors (Lipinski definition) is 3.